The maximum absolute atomic E-state index is 2.22. The normalized spacial score (nSPS) is 9.62. The van der Waals surface area contributed by atoms with Gasteiger partial charge in [-0.25, -0.2) is 0 Å². The molecule has 0 aliphatic carbocycles. The van der Waals surface area contributed by atoms with Crippen LogP contribution in [0.2, 0.25) is 0 Å². The van der Waals surface area contributed by atoms with Crippen LogP contribution in [0.1, 0.15) is 18.1 Å². The maximum atomic E-state index is 2.22. The fourth-order valence-electron chi connectivity index (χ4n) is 1.82. The van der Waals surface area contributed by atoms with Crippen LogP contribution >= 0.6 is 0 Å². The highest BCUT2D eigenvalue weighted by Gasteiger charge is 1.94. The lowest BCUT2D eigenvalue weighted by Crippen LogP contribution is -2.15. The first-order valence-corrected chi connectivity index (χ1v) is 7.45. The second-order valence-electron chi connectivity index (χ2n) is 5.58. The zero-order chi connectivity index (χ0) is 15.8. The second-order valence-corrected chi connectivity index (χ2v) is 5.58. The summed E-state index contributed by atoms with van der Waals surface area (Å²) in [7, 11) is 6.19. The molecule has 2 heteroatoms. The molecule has 0 bridgehead atoms. The molecule has 114 valence electrons. The summed E-state index contributed by atoms with van der Waals surface area (Å²) in [6.45, 7) is 7.41. The number of aryl methyl sites for hydroxylation is 2. The van der Waals surface area contributed by atoms with Gasteiger partial charge in [0.25, 0.3) is 0 Å². The number of rotatable bonds is 3. The Morgan fingerprint density at radius 1 is 0.667 bits per heavy atom. The summed E-state index contributed by atoms with van der Waals surface area (Å²) in [5.74, 6) is 0. The van der Waals surface area contributed by atoms with E-state index in [1.165, 1.54) is 22.5 Å². The van der Waals surface area contributed by atoms with Gasteiger partial charge in [0.1, 0.15) is 0 Å². The van der Waals surface area contributed by atoms with Crippen molar-refractivity contribution in [2.24, 2.45) is 0 Å². The molecule has 2 aromatic rings. The third-order valence-corrected chi connectivity index (χ3v) is 3.50. The predicted molar refractivity (Wildman–Crippen MR) is 95.6 cm³/mol. The van der Waals surface area contributed by atoms with Crippen LogP contribution in [0.5, 0.6) is 0 Å². The van der Waals surface area contributed by atoms with Crippen LogP contribution in [0.15, 0.2) is 48.5 Å². The maximum Gasteiger partial charge on any atom is 0.0363 e. The van der Waals surface area contributed by atoms with Gasteiger partial charge in [-0.3, -0.25) is 0 Å². The van der Waals surface area contributed by atoms with E-state index < -0.39 is 0 Å². The summed E-state index contributed by atoms with van der Waals surface area (Å²) in [6.07, 6.45) is 0. The van der Waals surface area contributed by atoms with Gasteiger partial charge in [0.15, 0.2) is 0 Å². The highest BCUT2D eigenvalue weighted by atomic mass is 15.1. The fourth-order valence-corrected chi connectivity index (χ4v) is 1.82. The molecule has 0 N–H and O–H groups in total. The van der Waals surface area contributed by atoms with Crippen molar-refractivity contribution in [3.8, 4) is 0 Å². The Balaban J connectivity index is 0.000000211. The molecule has 2 rings (SSSR count). The van der Waals surface area contributed by atoms with Crippen LogP contribution in [-0.2, 0) is 0 Å². The minimum Gasteiger partial charge on any atom is -0.378 e. The third-order valence-electron chi connectivity index (χ3n) is 3.50. The minimum atomic E-state index is 1.06. The number of benzene rings is 2. The molecule has 0 amide bonds. The first-order valence-electron chi connectivity index (χ1n) is 7.45. The van der Waals surface area contributed by atoms with E-state index in [0.29, 0.717) is 0 Å². The third kappa shape index (κ3) is 5.90. The quantitative estimate of drug-likeness (QED) is 0.818. The zero-order valence-corrected chi connectivity index (χ0v) is 14.2. The molecular formula is C19H28N2. The number of nitrogens with zero attached hydrogens (tertiary/aromatic N) is 2. The monoisotopic (exact) mass is 284 g/mol. The molecule has 21 heavy (non-hydrogen) atoms. The number of hydrogen-bond acceptors (Lipinski definition) is 2. The van der Waals surface area contributed by atoms with Crippen LogP contribution in [0, 0.1) is 13.8 Å². The van der Waals surface area contributed by atoms with Crippen molar-refractivity contribution >= 4 is 11.4 Å². The van der Waals surface area contributed by atoms with Gasteiger partial charge in [0.05, 0.1) is 0 Å². The summed E-state index contributed by atoms with van der Waals surface area (Å²) >= 11 is 0. The zero-order valence-electron chi connectivity index (χ0n) is 14.2. The topological polar surface area (TPSA) is 6.48 Å². The highest BCUT2D eigenvalue weighted by molar-refractivity contribution is 5.46. The van der Waals surface area contributed by atoms with E-state index in [4.69, 9.17) is 0 Å². The molecule has 0 aromatic heterocycles. The van der Waals surface area contributed by atoms with E-state index in [1.807, 2.05) is 14.1 Å². The van der Waals surface area contributed by atoms with Gasteiger partial charge in [-0.05, 0) is 45.0 Å². The van der Waals surface area contributed by atoms with Gasteiger partial charge >= 0.3 is 0 Å². The SMILES string of the molecule is CCN(C)c1ccc(C)cc1.Cc1ccc(N(C)C)cc1. The Morgan fingerprint density at radius 2 is 1.05 bits per heavy atom. The average Bonchev–Trinajstić information content (AvgIpc) is 2.48. The first-order chi connectivity index (χ1) is 9.93. The highest BCUT2D eigenvalue weighted by Crippen LogP contribution is 2.12. The lowest BCUT2D eigenvalue weighted by Gasteiger charge is -2.16. The van der Waals surface area contributed by atoms with E-state index in [0.717, 1.165) is 6.54 Å². The first kappa shape index (κ1) is 17.1. The van der Waals surface area contributed by atoms with Crippen molar-refractivity contribution in [1.82, 2.24) is 0 Å². The van der Waals surface area contributed by atoms with E-state index in [2.05, 4.69) is 86.1 Å². The van der Waals surface area contributed by atoms with E-state index in [9.17, 15) is 0 Å². The molecule has 0 heterocycles. The van der Waals surface area contributed by atoms with E-state index in [-0.39, 0.29) is 0 Å². The lowest BCUT2D eigenvalue weighted by atomic mass is 10.2. The van der Waals surface area contributed by atoms with Crippen molar-refractivity contribution in [2.75, 3.05) is 37.5 Å². The van der Waals surface area contributed by atoms with Crippen LogP contribution in [0.3, 0.4) is 0 Å². The van der Waals surface area contributed by atoms with Gasteiger partial charge in [0.2, 0.25) is 0 Å². The summed E-state index contributed by atoms with van der Waals surface area (Å²) in [5, 5.41) is 0. The summed E-state index contributed by atoms with van der Waals surface area (Å²) in [6, 6.07) is 17.1. The Kier molecular flexibility index (Phi) is 6.80. The van der Waals surface area contributed by atoms with E-state index >= 15 is 0 Å². The summed E-state index contributed by atoms with van der Waals surface area (Å²) in [5.41, 5.74) is 5.17. The van der Waals surface area contributed by atoms with Crippen LogP contribution in [0.25, 0.3) is 0 Å². The Hall–Kier alpha value is -1.96. The number of hydrogen-bond donors (Lipinski definition) is 0. The summed E-state index contributed by atoms with van der Waals surface area (Å²) < 4.78 is 0. The molecule has 0 fully saturated rings. The Labute approximate surface area is 130 Å². The molecule has 0 saturated carbocycles. The predicted octanol–water partition coefficient (Wildman–Crippen LogP) is 4.51. The van der Waals surface area contributed by atoms with Crippen LogP contribution < -0.4 is 9.80 Å². The molecule has 0 unspecified atom stereocenters. The molecule has 2 aromatic carbocycles. The Bertz CT molecular complexity index is 512. The van der Waals surface area contributed by atoms with Crippen molar-refractivity contribution in [1.29, 1.82) is 0 Å². The van der Waals surface area contributed by atoms with Gasteiger partial charge in [-0.15, -0.1) is 0 Å². The molecule has 0 spiro atoms. The molecule has 0 saturated heterocycles. The average molecular weight is 284 g/mol. The fraction of sp³-hybridized carbons (Fsp3) is 0.368. The van der Waals surface area contributed by atoms with Gasteiger partial charge < -0.3 is 9.80 Å². The minimum absolute atomic E-state index is 1.06. The number of anilines is 2. The molecule has 0 radical (unpaired) electrons. The Morgan fingerprint density at radius 3 is 1.38 bits per heavy atom. The van der Waals surface area contributed by atoms with Crippen molar-refractivity contribution < 1.29 is 0 Å². The van der Waals surface area contributed by atoms with Gasteiger partial charge in [-0.1, -0.05) is 35.4 Å². The smallest absolute Gasteiger partial charge is 0.0363 e. The van der Waals surface area contributed by atoms with Gasteiger partial charge in [0, 0.05) is 39.1 Å². The van der Waals surface area contributed by atoms with Crippen LogP contribution in [-0.4, -0.2) is 27.7 Å². The van der Waals surface area contributed by atoms with Crippen LogP contribution in [0.4, 0.5) is 11.4 Å². The standard InChI is InChI=1S/C10H15N.C9H13N/c1-4-11(3)10-7-5-9(2)6-8-10;1-8-4-6-9(7-5-8)10(2)3/h5-8H,4H2,1-3H3;4-7H,1-3H3. The summed E-state index contributed by atoms with van der Waals surface area (Å²) in [4.78, 5) is 4.32. The molecular weight excluding hydrogens is 256 g/mol. The lowest BCUT2D eigenvalue weighted by molar-refractivity contribution is 0.968. The molecule has 0 aliphatic heterocycles. The molecule has 0 atom stereocenters. The van der Waals surface area contributed by atoms with Crippen molar-refractivity contribution in [2.45, 2.75) is 20.8 Å². The largest absolute Gasteiger partial charge is 0.378 e. The van der Waals surface area contributed by atoms with E-state index in [1.54, 1.807) is 0 Å². The second kappa shape index (κ2) is 8.35. The molecule has 0 aliphatic rings. The van der Waals surface area contributed by atoms with Gasteiger partial charge in [-0.2, -0.15) is 0 Å². The van der Waals surface area contributed by atoms with Crippen molar-refractivity contribution in [3.63, 3.8) is 0 Å². The van der Waals surface area contributed by atoms with Crippen molar-refractivity contribution in [3.05, 3.63) is 59.7 Å². The molecule has 2 nitrogen and oxygen atoms in total.